The van der Waals surface area contributed by atoms with Gasteiger partial charge in [0.15, 0.2) is 0 Å². The molecule has 4 nitrogen and oxygen atoms in total. The summed E-state index contributed by atoms with van der Waals surface area (Å²) >= 11 is 0. The van der Waals surface area contributed by atoms with Crippen molar-refractivity contribution in [3.05, 3.63) is 59.2 Å². The van der Waals surface area contributed by atoms with Crippen LogP contribution in [-0.4, -0.2) is 11.5 Å². The number of ether oxygens (including phenoxy) is 1. The van der Waals surface area contributed by atoms with Crippen molar-refractivity contribution < 1.29 is 9.66 Å². The van der Waals surface area contributed by atoms with Crippen molar-refractivity contribution in [3.8, 4) is 5.75 Å². The van der Waals surface area contributed by atoms with Gasteiger partial charge in [0.2, 0.25) is 5.75 Å². The van der Waals surface area contributed by atoms with Crippen molar-refractivity contribution >= 4 is 5.69 Å². The van der Waals surface area contributed by atoms with Gasteiger partial charge < -0.3 is 4.74 Å². The van der Waals surface area contributed by atoms with Gasteiger partial charge in [-0.3, -0.25) is 10.1 Å². The summed E-state index contributed by atoms with van der Waals surface area (Å²) in [6.07, 6.45) is 3.77. The van der Waals surface area contributed by atoms with Crippen LogP contribution in [0.15, 0.2) is 43.5 Å². The molecule has 0 bridgehead atoms. The van der Waals surface area contributed by atoms with Crippen LogP contribution in [0.1, 0.15) is 5.56 Å². The van der Waals surface area contributed by atoms with Gasteiger partial charge in [0.05, 0.1) is 4.92 Å². The van der Waals surface area contributed by atoms with E-state index in [1.165, 1.54) is 6.07 Å². The first-order valence-electron chi connectivity index (χ1n) is 4.81. The number of hydrogen-bond donors (Lipinski definition) is 0. The molecule has 1 aromatic rings. The summed E-state index contributed by atoms with van der Waals surface area (Å²) in [4.78, 5) is 10.4. The molecule has 0 aromatic heterocycles. The number of nitrogens with zero attached hydrogens (tertiary/aromatic N) is 1. The summed E-state index contributed by atoms with van der Waals surface area (Å²) in [7, 11) is 0. The predicted octanol–water partition coefficient (Wildman–Crippen LogP) is 2.89. The van der Waals surface area contributed by atoms with Crippen molar-refractivity contribution in [1.29, 1.82) is 0 Å². The van der Waals surface area contributed by atoms with Crippen LogP contribution in [0.2, 0.25) is 0 Å². The Kier molecular flexibility index (Phi) is 4.27. The lowest BCUT2D eigenvalue weighted by atomic mass is 10.1. The molecule has 0 radical (unpaired) electrons. The average molecular weight is 219 g/mol. The number of nitro groups is 1. The molecular formula is C12H13NO3. The number of para-hydroxylation sites is 1. The molecular weight excluding hydrogens is 206 g/mol. The molecule has 0 amide bonds. The van der Waals surface area contributed by atoms with Crippen LogP contribution in [0.25, 0.3) is 0 Å². The fourth-order valence-electron chi connectivity index (χ4n) is 1.34. The van der Waals surface area contributed by atoms with E-state index in [1.54, 1.807) is 24.3 Å². The minimum absolute atomic E-state index is 0.0267. The molecule has 0 unspecified atom stereocenters. The smallest absolute Gasteiger partial charge is 0.311 e. The zero-order valence-corrected chi connectivity index (χ0v) is 8.89. The topological polar surface area (TPSA) is 52.4 Å². The Morgan fingerprint density at radius 2 is 2.12 bits per heavy atom. The molecule has 0 spiro atoms. The van der Waals surface area contributed by atoms with Crippen LogP contribution in [0, 0.1) is 10.1 Å². The predicted molar refractivity (Wildman–Crippen MR) is 62.7 cm³/mol. The zero-order chi connectivity index (χ0) is 12.0. The maximum absolute atomic E-state index is 10.8. The van der Waals surface area contributed by atoms with Crippen molar-refractivity contribution in [1.82, 2.24) is 0 Å². The first kappa shape index (κ1) is 12.0. The lowest BCUT2D eigenvalue weighted by Gasteiger charge is -2.08. The first-order chi connectivity index (χ1) is 7.70. The average Bonchev–Trinajstić information content (AvgIpc) is 2.27. The van der Waals surface area contributed by atoms with Gasteiger partial charge in [0.25, 0.3) is 0 Å². The van der Waals surface area contributed by atoms with Gasteiger partial charge in [-0.05, 0) is 6.42 Å². The maximum Gasteiger partial charge on any atom is 0.311 e. The van der Waals surface area contributed by atoms with Crippen molar-refractivity contribution in [2.75, 3.05) is 6.61 Å². The largest absolute Gasteiger partial charge is 0.482 e. The van der Waals surface area contributed by atoms with E-state index in [-0.39, 0.29) is 12.3 Å². The molecule has 0 aliphatic rings. The Bertz CT molecular complexity index is 413. The fraction of sp³-hybridized carbons (Fsp3) is 0.167. The second kappa shape index (κ2) is 5.70. The minimum Gasteiger partial charge on any atom is -0.482 e. The third-order valence-corrected chi connectivity index (χ3v) is 1.98. The molecule has 0 aliphatic heterocycles. The third-order valence-electron chi connectivity index (χ3n) is 1.98. The summed E-state index contributed by atoms with van der Waals surface area (Å²) in [5, 5.41) is 10.8. The molecule has 0 fully saturated rings. The summed E-state index contributed by atoms with van der Waals surface area (Å²) in [6.45, 7) is 7.36. The van der Waals surface area contributed by atoms with E-state index < -0.39 is 4.92 Å². The van der Waals surface area contributed by atoms with Gasteiger partial charge >= 0.3 is 5.69 Å². The van der Waals surface area contributed by atoms with Gasteiger partial charge in [-0.15, -0.1) is 6.58 Å². The van der Waals surface area contributed by atoms with E-state index >= 15 is 0 Å². The number of rotatable bonds is 6. The van der Waals surface area contributed by atoms with Crippen LogP contribution in [0.4, 0.5) is 5.69 Å². The Morgan fingerprint density at radius 3 is 2.69 bits per heavy atom. The highest BCUT2D eigenvalue weighted by molar-refractivity contribution is 5.52. The molecule has 84 valence electrons. The third kappa shape index (κ3) is 2.70. The van der Waals surface area contributed by atoms with Crippen LogP contribution in [0.3, 0.4) is 0 Å². The summed E-state index contributed by atoms with van der Waals surface area (Å²) in [6, 6.07) is 4.84. The molecule has 1 rings (SSSR count). The number of nitro benzene ring substituents is 1. The molecule has 0 N–H and O–H groups in total. The highest BCUT2D eigenvalue weighted by atomic mass is 16.6. The summed E-state index contributed by atoms with van der Waals surface area (Å²) < 4.78 is 5.32. The quantitative estimate of drug-likeness (QED) is 0.420. The van der Waals surface area contributed by atoms with Crippen molar-refractivity contribution in [2.24, 2.45) is 0 Å². The van der Waals surface area contributed by atoms with E-state index in [9.17, 15) is 10.1 Å². The normalized spacial score (nSPS) is 9.50. The highest BCUT2D eigenvalue weighted by Crippen LogP contribution is 2.31. The fourth-order valence-corrected chi connectivity index (χ4v) is 1.34. The zero-order valence-electron chi connectivity index (χ0n) is 8.89. The molecule has 0 saturated carbocycles. The lowest BCUT2D eigenvalue weighted by molar-refractivity contribution is -0.385. The highest BCUT2D eigenvalue weighted by Gasteiger charge is 2.17. The van der Waals surface area contributed by atoms with Crippen molar-refractivity contribution in [3.63, 3.8) is 0 Å². The van der Waals surface area contributed by atoms with E-state index in [4.69, 9.17) is 4.74 Å². The molecule has 0 heterocycles. The second-order valence-electron chi connectivity index (χ2n) is 3.11. The maximum atomic E-state index is 10.8. The van der Waals surface area contributed by atoms with Gasteiger partial charge in [0.1, 0.15) is 6.61 Å². The van der Waals surface area contributed by atoms with Crippen LogP contribution in [-0.2, 0) is 6.42 Å². The van der Waals surface area contributed by atoms with Gasteiger partial charge in [-0.1, -0.05) is 30.9 Å². The van der Waals surface area contributed by atoms with Gasteiger partial charge in [-0.2, -0.15) is 0 Å². The van der Waals surface area contributed by atoms with E-state index in [0.717, 1.165) is 5.56 Å². The van der Waals surface area contributed by atoms with Crippen LogP contribution < -0.4 is 4.74 Å². The molecule has 0 saturated heterocycles. The molecule has 4 heteroatoms. The SMILES string of the molecule is C=CCOc1c(CC=C)cccc1[N+](=O)[O-]. The van der Waals surface area contributed by atoms with Crippen molar-refractivity contribution in [2.45, 2.75) is 6.42 Å². The van der Waals surface area contributed by atoms with E-state index in [1.807, 2.05) is 0 Å². The minimum atomic E-state index is -0.453. The summed E-state index contributed by atoms with van der Waals surface area (Å²) in [5.74, 6) is 0.298. The second-order valence-corrected chi connectivity index (χ2v) is 3.11. The molecule has 16 heavy (non-hydrogen) atoms. The lowest BCUT2D eigenvalue weighted by Crippen LogP contribution is -2.01. The van der Waals surface area contributed by atoms with Gasteiger partial charge in [-0.25, -0.2) is 0 Å². The summed E-state index contributed by atoms with van der Waals surface area (Å²) in [5.41, 5.74) is 0.729. The number of benzene rings is 1. The number of allylic oxidation sites excluding steroid dienone is 1. The van der Waals surface area contributed by atoms with Crippen LogP contribution in [0.5, 0.6) is 5.75 Å². The molecule has 0 aliphatic carbocycles. The Hall–Kier alpha value is -2.10. The molecule has 1 aromatic carbocycles. The van der Waals surface area contributed by atoms with E-state index in [0.29, 0.717) is 12.2 Å². The monoisotopic (exact) mass is 219 g/mol. The van der Waals surface area contributed by atoms with E-state index in [2.05, 4.69) is 13.2 Å². The standard InChI is InChI=1S/C12H13NO3/c1-3-6-10-7-5-8-11(13(14)15)12(10)16-9-4-2/h3-5,7-8H,1-2,6,9H2. The molecule has 0 atom stereocenters. The Morgan fingerprint density at radius 1 is 1.38 bits per heavy atom. The Balaban J connectivity index is 3.16. The van der Waals surface area contributed by atoms with Crippen LogP contribution >= 0.6 is 0 Å². The first-order valence-corrected chi connectivity index (χ1v) is 4.81. The Labute approximate surface area is 94.0 Å². The van der Waals surface area contributed by atoms with Gasteiger partial charge in [0, 0.05) is 11.6 Å². The number of hydrogen-bond acceptors (Lipinski definition) is 3.